The summed E-state index contributed by atoms with van der Waals surface area (Å²) in [7, 11) is 0. The van der Waals surface area contributed by atoms with E-state index in [0.29, 0.717) is 24.5 Å². The number of pyridine rings is 1. The van der Waals surface area contributed by atoms with Gasteiger partial charge >= 0.3 is 0 Å². The van der Waals surface area contributed by atoms with Crippen LogP contribution in [0.1, 0.15) is 25.0 Å². The van der Waals surface area contributed by atoms with Crippen LogP contribution in [0.3, 0.4) is 0 Å². The van der Waals surface area contributed by atoms with E-state index in [1.807, 2.05) is 18.7 Å². The molecule has 1 aromatic heterocycles. The average Bonchev–Trinajstić information content (AvgIpc) is 2.73. The number of anilines is 1. The van der Waals surface area contributed by atoms with Crippen LogP contribution in [-0.2, 0) is 22.6 Å². The molecule has 1 unspecified atom stereocenters. The number of hydrogen-bond acceptors (Lipinski definition) is 5. The zero-order valence-corrected chi connectivity index (χ0v) is 17.1. The van der Waals surface area contributed by atoms with Crippen molar-refractivity contribution in [2.75, 3.05) is 25.4 Å². The fraction of sp³-hybridized carbons (Fsp3) is 0.381. The van der Waals surface area contributed by atoms with E-state index in [0.717, 1.165) is 17.7 Å². The van der Waals surface area contributed by atoms with Crippen LogP contribution in [0, 0.1) is 11.6 Å². The Labute approximate surface area is 174 Å². The van der Waals surface area contributed by atoms with Crippen molar-refractivity contribution in [1.82, 2.24) is 20.5 Å². The fourth-order valence-corrected chi connectivity index (χ4v) is 2.85. The van der Waals surface area contributed by atoms with Gasteiger partial charge in [-0.3, -0.25) is 14.5 Å². The SMILES string of the molecule is CCN(CC)CC(=O)NC(Cc1ccc(F)c(F)c1)C(=O)NCc1ccc(N)nc1. The lowest BCUT2D eigenvalue weighted by Gasteiger charge is -2.22. The molecule has 0 saturated heterocycles. The van der Waals surface area contributed by atoms with Gasteiger partial charge in [0.05, 0.1) is 6.54 Å². The Kier molecular flexibility index (Phi) is 8.67. The molecule has 0 aliphatic rings. The van der Waals surface area contributed by atoms with Crippen LogP contribution in [0.4, 0.5) is 14.6 Å². The van der Waals surface area contributed by atoms with Gasteiger partial charge in [0, 0.05) is 19.2 Å². The Morgan fingerprint density at radius 2 is 1.80 bits per heavy atom. The second kappa shape index (κ2) is 11.2. The number of amides is 2. The Hall–Kier alpha value is -3.07. The van der Waals surface area contributed by atoms with Crippen LogP contribution in [0.15, 0.2) is 36.5 Å². The normalized spacial score (nSPS) is 11.9. The Bertz CT molecular complexity index is 857. The van der Waals surface area contributed by atoms with Gasteiger partial charge < -0.3 is 16.4 Å². The molecule has 162 valence electrons. The number of benzene rings is 1. The summed E-state index contributed by atoms with van der Waals surface area (Å²) >= 11 is 0. The standard InChI is InChI=1S/C21H27F2N5O2/c1-3-28(4-2)13-20(29)27-18(10-14-5-7-16(22)17(23)9-14)21(30)26-12-15-6-8-19(24)25-11-15/h5-9,11,18H,3-4,10,12-13H2,1-2H3,(H2,24,25)(H,26,30)(H,27,29). The van der Waals surface area contributed by atoms with E-state index in [4.69, 9.17) is 5.73 Å². The van der Waals surface area contributed by atoms with Crippen molar-refractivity contribution in [3.8, 4) is 0 Å². The zero-order chi connectivity index (χ0) is 22.1. The van der Waals surface area contributed by atoms with Gasteiger partial charge in [0.2, 0.25) is 11.8 Å². The van der Waals surface area contributed by atoms with Gasteiger partial charge in [-0.1, -0.05) is 26.0 Å². The predicted molar refractivity (Wildman–Crippen MR) is 110 cm³/mol. The van der Waals surface area contributed by atoms with Crippen molar-refractivity contribution in [3.63, 3.8) is 0 Å². The second-order valence-corrected chi connectivity index (χ2v) is 6.84. The molecule has 1 aromatic carbocycles. The number of nitrogens with zero attached hydrogens (tertiary/aromatic N) is 2. The highest BCUT2D eigenvalue weighted by atomic mass is 19.2. The maximum atomic E-state index is 13.6. The molecule has 2 rings (SSSR count). The van der Waals surface area contributed by atoms with E-state index >= 15 is 0 Å². The summed E-state index contributed by atoms with van der Waals surface area (Å²) in [6.45, 7) is 5.57. The van der Waals surface area contributed by atoms with Crippen LogP contribution in [0.2, 0.25) is 0 Å². The molecule has 7 nitrogen and oxygen atoms in total. The van der Waals surface area contributed by atoms with Crippen molar-refractivity contribution in [2.45, 2.75) is 32.9 Å². The molecule has 9 heteroatoms. The second-order valence-electron chi connectivity index (χ2n) is 6.84. The summed E-state index contributed by atoms with van der Waals surface area (Å²) in [4.78, 5) is 31.0. The van der Waals surface area contributed by atoms with Crippen LogP contribution in [0.5, 0.6) is 0 Å². The molecule has 0 radical (unpaired) electrons. The first kappa shape index (κ1) is 23.2. The third kappa shape index (κ3) is 7.07. The number of halogens is 2. The highest BCUT2D eigenvalue weighted by Gasteiger charge is 2.22. The first-order valence-corrected chi connectivity index (χ1v) is 9.76. The van der Waals surface area contributed by atoms with E-state index in [-0.39, 0.29) is 25.4 Å². The number of nitrogen functional groups attached to an aromatic ring is 1. The van der Waals surface area contributed by atoms with E-state index in [9.17, 15) is 18.4 Å². The Balaban J connectivity index is 2.09. The number of carbonyl (C=O) groups is 2. The van der Waals surface area contributed by atoms with Gasteiger partial charge in [0.25, 0.3) is 0 Å². The lowest BCUT2D eigenvalue weighted by molar-refractivity contribution is -0.129. The molecule has 30 heavy (non-hydrogen) atoms. The fourth-order valence-electron chi connectivity index (χ4n) is 2.85. The number of carbonyl (C=O) groups excluding carboxylic acids is 2. The van der Waals surface area contributed by atoms with Crippen LogP contribution >= 0.6 is 0 Å². The van der Waals surface area contributed by atoms with Gasteiger partial charge in [-0.05, 0) is 42.4 Å². The van der Waals surface area contributed by atoms with Crippen molar-refractivity contribution in [3.05, 3.63) is 59.3 Å². The lowest BCUT2D eigenvalue weighted by atomic mass is 10.0. The molecular weight excluding hydrogens is 392 g/mol. The van der Waals surface area contributed by atoms with Crippen molar-refractivity contribution < 1.29 is 18.4 Å². The molecule has 0 aliphatic heterocycles. The van der Waals surface area contributed by atoms with E-state index in [1.54, 1.807) is 18.3 Å². The molecule has 2 amide bonds. The molecule has 1 heterocycles. The third-order valence-electron chi connectivity index (χ3n) is 4.65. The summed E-state index contributed by atoms with van der Waals surface area (Å²) in [6.07, 6.45) is 1.56. The van der Waals surface area contributed by atoms with Gasteiger partial charge in [0.1, 0.15) is 11.9 Å². The number of hydrogen-bond donors (Lipinski definition) is 3. The predicted octanol–water partition coefficient (Wildman–Crippen LogP) is 1.63. The zero-order valence-electron chi connectivity index (χ0n) is 17.1. The summed E-state index contributed by atoms with van der Waals surface area (Å²) in [5, 5.41) is 5.43. The van der Waals surface area contributed by atoms with E-state index < -0.39 is 23.6 Å². The third-order valence-corrected chi connectivity index (χ3v) is 4.65. The molecule has 0 aliphatic carbocycles. The average molecular weight is 419 g/mol. The Morgan fingerprint density at radius 3 is 2.40 bits per heavy atom. The molecular formula is C21H27F2N5O2. The first-order chi connectivity index (χ1) is 14.3. The van der Waals surface area contributed by atoms with Crippen LogP contribution in [-0.4, -0.2) is 47.4 Å². The van der Waals surface area contributed by atoms with Gasteiger partial charge in [0.15, 0.2) is 11.6 Å². The summed E-state index contributed by atoms with van der Waals surface area (Å²) in [5.74, 6) is -2.37. The molecule has 2 aromatic rings. The minimum absolute atomic E-state index is 0.0208. The van der Waals surface area contributed by atoms with Crippen molar-refractivity contribution >= 4 is 17.6 Å². The molecule has 4 N–H and O–H groups in total. The smallest absolute Gasteiger partial charge is 0.243 e. The maximum Gasteiger partial charge on any atom is 0.243 e. The summed E-state index contributed by atoms with van der Waals surface area (Å²) in [6, 6.07) is 5.81. The number of rotatable bonds is 10. The number of aromatic nitrogens is 1. The summed E-state index contributed by atoms with van der Waals surface area (Å²) < 4.78 is 26.8. The first-order valence-electron chi connectivity index (χ1n) is 9.76. The molecule has 0 spiro atoms. The highest BCUT2D eigenvalue weighted by molar-refractivity contribution is 5.88. The monoisotopic (exact) mass is 419 g/mol. The molecule has 1 atom stereocenters. The van der Waals surface area contributed by atoms with Gasteiger partial charge in [-0.2, -0.15) is 0 Å². The van der Waals surface area contributed by atoms with Crippen molar-refractivity contribution in [2.24, 2.45) is 0 Å². The van der Waals surface area contributed by atoms with Gasteiger partial charge in [-0.15, -0.1) is 0 Å². The topological polar surface area (TPSA) is 100 Å². The minimum atomic E-state index is -1.01. The maximum absolute atomic E-state index is 13.6. The minimum Gasteiger partial charge on any atom is -0.384 e. The number of nitrogens with two attached hydrogens (primary N) is 1. The van der Waals surface area contributed by atoms with Gasteiger partial charge in [-0.25, -0.2) is 13.8 Å². The number of nitrogens with one attached hydrogen (secondary N) is 2. The summed E-state index contributed by atoms with van der Waals surface area (Å²) in [5.41, 5.74) is 6.68. The van der Waals surface area contributed by atoms with Crippen LogP contribution < -0.4 is 16.4 Å². The number of likely N-dealkylation sites (N-methyl/N-ethyl adjacent to an activating group) is 1. The lowest BCUT2D eigenvalue weighted by Crippen LogP contribution is -2.50. The van der Waals surface area contributed by atoms with Crippen molar-refractivity contribution in [1.29, 1.82) is 0 Å². The molecule has 0 bridgehead atoms. The van der Waals surface area contributed by atoms with Crippen LogP contribution in [0.25, 0.3) is 0 Å². The Morgan fingerprint density at radius 1 is 1.10 bits per heavy atom. The molecule has 0 saturated carbocycles. The van der Waals surface area contributed by atoms with E-state index in [1.165, 1.54) is 6.07 Å². The molecule has 0 fully saturated rings. The highest BCUT2D eigenvalue weighted by Crippen LogP contribution is 2.11. The van der Waals surface area contributed by atoms with E-state index in [2.05, 4.69) is 15.6 Å². The largest absolute Gasteiger partial charge is 0.384 e. The quantitative estimate of drug-likeness (QED) is 0.544.